The van der Waals surface area contributed by atoms with E-state index in [9.17, 15) is 14.9 Å². The zero-order valence-corrected chi connectivity index (χ0v) is 14.1. The van der Waals surface area contributed by atoms with E-state index in [-0.39, 0.29) is 11.6 Å². The molecule has 0 aliphatic heterocycles. The van der Waals surface area contributed by atoms with Crippen LogP contribution in [0.1, 0.15) is 10.4 Å². The van der Waals surface area contributed by atoms with E-state index in [1.54, 1.807) is 6.07 Å². The minimum Gasteiger partial charge on any atom is -0.322 e. The Morgan fingerprint density at radius 3 is 2.59 bits per heavy atom. The largest absolute Gasteiger partial charge is 0.322 e. The number of nitrogens with one attached hydrogen (secondary N) is 1. The smallest absolute Gasteiger partial charge is 0.269 e. The number of carbonyl (C=O) groups is 1. The van der Waals surface area contributed by atoms with Gasteiger partial charge in [0.15, 0.2) is 0 Å². The van der Waals surface area contributed by atoms with Gasteiger partial charge in [-0.25, -0.2) is 4.98 Å². The molecule has 0 aliphatic rings. The van der Waals surface area contributed by atoms with E-state index >= 15 is 0 Å². The molecule has 1 amide bonds. The van der Waals surface area contributed by atoms with Crippen molar-refractivity contribution in [1.82, 2.24) is 9.38 Å². The number of anilines is 1. The molecular weight excluding hydrogens is 344 g/mol. The van der Waals surface area contributed by atoms with Gasteiger partial charge < -0.3 is 9.72 Å². The number of nitro groups is 1. The van der Waals surface area contributed by atoms with Crippen LogP contribution in [-0.2, 0) is 0 Å². The molecule has 0 radical (unpaired) electrons. The lowest BCUT2D eigenvalue weighted by atomic mass is 10.1. The first-order valence-electron chi connectivity index (χ1n) is 8.20. The maximum Gasteiger partial charge on any atom is 0.269 e. The van der Waals surface area contributed by atoms with Gasteiger partial charge in [0.2, 0.25) is 0 Å². The van der Waals surface area contributed by atoms with Crippen LogP contribution in [0.25, 0.3) is 16.9 Å². The van der Waals surface area contributed by atoms with E-state index < -0.39 is 4.92 Å². The van der Waals surface area contributed by atoms with Gasteiger partial charge in [-0.15, -0.1) is 0 Å². The van der Waals surface area contributed by atoms with Crippen molar-refractivity contribution < 1.29 is 9.72 Å². The Kier molecular flexibility index (Phi) is 4.10. The average Bonchev–Trinajstić information content (AvgIpc) is 3.12. The van der Waals surface area contributed by atoms with E-state index in [2.05, 4.69) is 10.3 Å². The predicted octanol–water partition coefficient (Wildman–Crippen LogP) is 4.16. The van der Waals surface area contributed by atoms with Crippen LogP contribution >= 0.6 is 0 Å². The molecule has 2 aromatic carbocycles. The Morgan fingerprint density at radius 1 is 1.04 bits per heavy atom. The number of pyridine rings is 1. The minimum absolute atomic E-state index is 0.0552. The maximum absolute atomic E-state index is 12.4. The molecule has 0 saturated heterocycles. The van der Waals surface area contributed by atoms with Crippen molar-refractivity contribution in [1.29, 1.82) is 0 Å². The molecular formula is C20H14N4O3. The van der Waals surface area contributed by atoms with Crippen LogP contribution in [0, 0.1) is 10.1 Å². The zero-order chi connectivity index (χ0) is 18.8. The first-order chi connectivity index (χ1) is 13.1. The number of rotatable bonds is 4. The van der Waals surface area contributed by atoms with Gasteiger partial charge in [-0.3, -0.25) is 14.9 Å². The normalized spacial score (nSPS) is 10.7. The summed E-state index contributed by atoms with van der Waals surface area (Å²) in [6, 6.07) is 18.6. The number of imidazole rings is 1. The van der Waals surface area contributed by atoms with Gasteiger partial charge in [-0.2, -0.15) is 0 Å². The SMILES string of the molecule is O=C(Nc1cccc(-c2cn3ccccc3n2)c1)c1ccc([N+](=O)[O-])cc1. The van der Waals surface area contributed by atoms with E-state index in [1.807, 2.05) is 53.2 Å². The predicted molar refractivity (Wildman–Crippen MR) is 102 cm³/mol. The molecule has 4 aromatic rings. The van der Waals surface area contributed by atoms with Crippen LogP contribution in [0.2, 0.25) is 0 Å². The summed E-state index contributed by atoms with van der Waals surface area (Å²) in [4.78, 5) is 27.2. The van der Waals surface area contributed by atoms with Crippen molar-refractivity contribution in [3.05, 3.63) is 94.8 Å². The second-order valence-corrected chi connectivity index (χ2v) is 5.93. The standard InChI is InChI=1S/C20H14N4O3/c25-20(14-7-9-17(10-8-14)24(26)27)21-16-5-3-4-15(12-16)18-13-23-11-2-1-6-19(23)22-18/h1-13H,(H,21,25). The molecule has 0 saturated carbocycles. The van der Waals surface area contributed by atoms with Gasteiger partial charge in [0.1, 0.15) is 5.65 Å². The highest BCUT2D eigenvalue weighted by Crippen LogP contribution is 2.23. The Labute approximate surface area is 154 Å². The second-order valence-electron chi connectivity index (χ2n) is 5.93. The average molecular weight is 358 g/mol. The molecule has 0 bridgehead atoms. The topological polar surface area (TPSA) is 89.5 Å². The van der Waals surface area contributed by atoms with Crippen LogP contribution in [0.15, 0.2) is 79.1 Å². The molecule has 4 rings (SSSR count). The van der Waals surface area contributed by atoms with Crippen molar-refractivity contribution in [2.45, 2.75) is 0 Å². The van der Waals surface area contributed by atoms with Gasteiger partial charge in [0, 0.05) is 41.3 Å². The Morgan fingerprint density at radius 2 is 1.85 bits per heavy atom. The maximum atomic E-state index is 12.4. The lowest BCUT2D eigenvalue weighted by molar-refractivity contribution is -0.384. The summed E-state index contributed by atoms with van der Waals surface area (Å²) in [7, 11) is 0. The third-order valence-electron chi connectivity index (χ3n) is 4.12. The number of aromatic nitrogens is 2. The number of nitrogens with zero attached hydrogens (tertiary/aromatic N) is 3. The monoisotopic (exact) mass is 358 g/mol. The van der Waals surface area contributed by atoms with E-state index in [1.165, 1.54) is 24.3 Å². The van der Waals surface area contributed by atoms with Crippen molar-refractivity contribution >= 4 is 22.9 Å². The van der Waals surface area contributed by atoms with Crippen LogP contribution in [0.5, 0.6) is 0 Å². The molecule has 0 atom stereocenters. The quantitative estimate of drug-likeness (QED) is 0.438. The molecule has 2 aromatic heterocycles. The number of hydrogen-bond donors (Lipinski definition) is 1. The molecule has 132 valence electrons. The number of nitro benzene ring substituents is 1. The van der Waals surface area contributed by atoms with Crippen LogP contribution in [0.3, 0.4) is 0 Å². The first kappa shape index (κ1) is 16.5. The lowest BCUT2D eigenvalue weighted by Crippen LogP contribution is -2.11. The van der Waals surface area contributed by atoms with E-state index in [4.69, 9.17) is 0 Å². The molecule has 0 aliphatic carbocycles. The van der Waals surface area contributed by atoms with Crippen LogP contribution in [0.4, 0.5) is 11.4 Å². The molecule has 1 N–H and O–H groups in total. The fourth-order valence-electron chi connectivity index (χ4n) is 2.77. The molecule has 0 unspecified atom stereocenters. The Balaban J connectivity index is 1.57. The summed E-state index contributed by atoms with van der Waals surface area (Å²) in [5.41, 5.74) is 3.42. The van der Waals surface area contributed by atoms with Crippen LogP contribution < -0.4 is 5.32 Å². The highest BCUT2D eigenvalue weighted by Gasteiger charge is 2.11. The van der Waals surface area contributed by atoms with Gasteiger partial charge in [0.25, 0.3) is 11.6 Å². The molecule has 7 heteroatoms. The van der Waals surface area contributed by atoms with E-state index in [0.29, 0.717) is 11.3 Å². The number of benzene rings is 2. The summed E-state index contributed by atoms with van der Waals surface area (Å²) in [6.07, 6.45) is 3.85. The summed E-state index contributed by atoms with van der Waals surface area (Å²) in [6.45, 7) is 0. The van der Waals surface area contributed by atoms with Crippen molar-refractivity contribution in [2.24, 2.45) is 0 Å². The highest BCUT2D eigenvalue weighted by molar-refractivity contribution is 6.04. The summed E-state index contributed by atoms with van der Waals surface area (Å²) >= 11 is 0. The fraction of sp³-hybridized carbons (Fsp3) is 0. The van der Waals surface area contributed by atoms with Gasteiger partial charge >= 0.3 is 0 Å². The van der Waals surface area contributed by atoms with Crippen LogP contribution in [-0.4, -0.2) is 20.2 Å². The number of fused-ring (bicyclic) bond motifs is 1. The van der Waals surface area contributed by atoms with Gasteiger partial charge in [-0.1, -0.05) is 18.2 Å². The fourth-order valence-corrected chi connectivity index (χ4v) is 2.77. The summed E-state index contributed by atoms with van der Waals surface area (Å²) in [5, 5.41) is 13.5. The number of non-ortho nitro benzene ring substituents is 1. The number of carbonyl (C=O) groups excluding carboxylic acids is 1. The molecule has 7 nitrogen and oxygen atoms in total. The summed E-state index contributed by atoms with van der Waals surface area (Å²) < 4.78 is 1.93. The lowest BCUT2D eigenvalue weighted by Gasteiger charge is -2.06. The third-order valence-corrected chi connectivity index (χ3v) is 4.12. The van der Waals surface area contributed by atoms with Gasteiger partial charge in [-0.05, 0) is 36.4 Å². The van der Waals surface area contributed by atoms with Crippen molar-refractivity contribution in [2.75, 3.05) is 5.32 Å². The number of amides is 1. The zero-order valence-electron chi connectivity index (χ0n) is 14.1. The van der Waals surface area contributed by atoms with Gasteiger partial charge in [0.05, 0.1) is 10.6 Å². The van der Waals surface area contributed by atoms with Crippen molar-refractivity contribution in [3.63, 3.8) is 0 Å². The Bertz CT molecular complexity index is 1120. The molecule has 2 heterocycles. The Hall–Kier alpha value is -4.00. The first-order valence-corrected chi connectivity index (χ1v) is 8.20. The minimum atomic E-state index is -0.500. The molecule has 27 heavy (non-hydrogen) atoms. The highest BCUT2D eigenvalue weighted by atomic mass is 16.6. The third kappa shape index (κ3) is 3.38. The molecule has 0 fully saturated rings. The summed E-state index contributed by atoms with van der Waals surface area (Å²) in [5.74, 6) is -0.336. The number of hydrogen-bond acceptors (Lipinski definition) is 4. The molecule has 0 spiro atoms. The second kappa shape index (κ2) is 6.72. The van der Waals surface area contributed by atoms with Crippen molar-refractivity contribution in [3.8, 4) is 11.3 Å². The van der Waals surface area contributed by atoms with E-state index in [0.717, 1.165) is 16.9 Å².